The van der Waals surface area contributed by atoms with Gasteiger partial charge in [-0.05, 0) is 64.2 Å². The number of ether oxygens (including phenoxy) is 2. The third-order valence-corrected chi connectivity index (χ3v) is 5.06. The van der Waals surface area contributed by atoms with Crippen molar-refractivity contribution < 1.29 is 9.47 Å². The van der Waals surface area contributed by atoms with Crippen molar-refractivity contribution in [2.45, 2.75) is 59.0 Å². The van der Waals surface area contributed by atoms with Crippen molar-refractivity contribution in [1.82, 2.24) is 25.4 Å². The Hall–Kier alpha value is -2.04. The van der Waals surface area contributed by atoms with Gasteiger partial charge >= 0.3 is 0 Å². The summed E-state index contributed by atoms with van der Waals surface area (Å²) in [5.41, 5.74) is 1.23. The highest BCUT2D eigenvalue weighted by atomic mass is 127. The van der Waals surface area contributed by atoms with Gasteiger partial charge in [-0.2, -0.15) is 5.10 Å². The summed E-state index contributed by atoms with van der Waals surface area (Å²) < 4.78 is 13.0. The molecule has 0 spiro atoms. The first-order chi connectivity index (χ1) is 14.6. The predicted octanol–water partition coefficient (Wildman–Crippen LogP) is 3.63. The van der Waals surface area contributed by atoms with Crippen LogP contribution in [0.2, 0.25) is 0 Å². The van der Waals surface area contributed by atoms with E-state index in [0.29, 0.717) is 6.61 Å². The van der Waals surface area contributed by atoms with Crippen molar-refractivity contribution in [1.29, 1.82) is 0 Å². The molecule has 0 radical (unpaired) electrons. The number of aliphatic imine (C=N–C) groups is 1. The lowest BCUT2D eigenvalue weighted by atomic mass is 10.1. The van der Waals surface area contributed by atoms with Gasteiger partial charge in [-0.1, -0.05) is 6.07 Å². The second kappa shape index (κ2) is 12.7. The van der Waals surface area contributed by atoms with Crippen LogP contribution in [-0.4, -0.2) is 47.5 Å². The summed E-state index contributed by atoms with van der Waals surface area (Å²) >= 11 is 0. The minimum atomic E-state index is 0. The minimum Gasteiger partial charge on any atom is -0.493 e. The van der Waals surface area contributed by atoms with E-state index in [1.165, 1.54) is 5.56 Å². The average Bonchev–Trinajstić information content (AvgIpc) is 3.13. The van der Waals surface area contributed by atoms with Crippen LogP contribution in [0.5, 0.6) is 11.5 Å². The Morgan fingerprint density at radius 3 is 2.87 bits per heavy atom. The second-order valence-electron chi connectivity index (χ2n) is 7.36. The van der Waals surface area contributed by atoms with Gasteiger partial charge in [0, 0.05) is 19.6 Å². The Morgan fingerprint density at radius 2 is 2.13 bits per heavy atom. The number of aromatic nitrogens is 3. The largest absolute Gasteiger partial charge is 0.493 e. The van der Waals surface area contributed by atoms with E-state index in [2.05, 4.69) is 39.8 Å². The molecule has 1 unspecified atom stereocenters. The van der Waals surface area contributed by atoms with Crippen molar-refractivity contribution in [2.75, 3.05) is 26.8 Å². The molecule has 0 saturated carbocycles. The zero-order valence-electron chi connectivity index (χ0n) is 19.0. The molecule has 1 atom stereocenters. The first-order valence-corrected chi connectivity index (χ1v) is 10.9. The summed E-state index contributed by atoms with van der Waals surface area (Å²) in [6.07, 6.45) is 4.01. The molecule has 0 bridgehead atoms. The number of benzene rings is 1. The van der Waals surface area contributed by atoms with Crippen molar-refractivity contribution in [3.63, 3.8) is 0 Å². The fourth-order valence-corrected chi connectivity index (χ4v) is 3.71. The summed E-state index contributed by atoms with van der Waals surface area (Å²) in [6, 6.07) is 6.27. The number of nitrogens with one attached hydrogen (secondary N) is 2. The lowest BCUT2D eigenvalue weighted by molar-refractivity contribution is 0.310. The smallest absolute Gasteiger partial charge is 0.191 e. The van der Waals surface area contributed by atoms with Crippen molar-refractivity contribution in [3.8, 4) is 11.5 Å². The van der Waals surface area contributed by atoms with Gasteiger partial charge in [-0.15, -0.1) is 24.0 Å². The van der Waals surface area contributed by atoms with Gasteiger partial charge < -0.3 is 20.1 Å². The Kier molecular flexibility index (Phi) is 10.4. The molecule has 9 heteroatoms. The molecule has 0 amide bonds. The van der Waals surface area contributed by atoms with Crippen molar-refractivity contribution >= 4 is 29.9 Å². The molecule has 8 nitrogen and oxygen atoms in total. The molecule has 0 saturated heterocycles. The summed E-state index contributed by atoms with van der Waals surface area (Å²) in [5, 5.41) is 11.4. The molecule has 3 rings (SSSR count). The number of hydrogen-bond acceptors (Lipinski definition) is 5. The van der Waals surface area contributed by atoms with E-state index in [1.807, 2.05) is 24.6 Å². The molecule has 0 fully saturated rings. The zero-order chi connectivity index (χ0) is 21.3. The van der Waals surface area contributed by atoms with Crippen LogP contribution in [0, 0.1) is 6.92 Å². The van der Waals surface area contributed by atoms with Crippen LogP contribution in [0.3, 0.4) is 0 Å². The molecule has 1 aromatic heterocycles. The first-order valence-electron chi connectivity index (χ1n) is 10.9. The average molecular weight is 542 g/mol. The number of rotatable bonds is 9. The molecule has 2 aromatic rings. The summed E-state index contributed by atoms with van der Waals surface area (Å²) in [4.78, 5) is 9.38. The van der Waals surface area contributed by atoms with Crippen LogP contribution in [-0.2, 0) is 13.0 Å². The highest BCUT2D eigenvalue weighted by molar-refractivity contribution is 14.0. The number of methoxy groups -OCH3 is 1. The Bertz CT molecular complexity index is 855. The summed E-state index contributed by atoms with van der Waals surface area (Å²) in [7, 11) is 1.66. The van der Waals surface area contributed by atoms with E-state index in [9.17, 15) is 0 Å². The van der Waals surface area contributed by atoms with Crippen LogP contribution in [0.1, 0.15) is 56.4 Å². The quantitative estimate of drug-likeness (QED) is 0.218. The van der Waals surface area contributed by atoms with Crippen LogP contribution in [0.4, 0.5) is 0 Å². The maximum atomic E-state index is 5.67. The highest BCUT2D eigenvalue weighted by Gasteiger charge is 2.24. The van der Waals surface area contributed by atoms with Crippen molar-refractivity contribution in [2.24, 2.45) is 4.99 Å². The number of halogens is 1. The lowest BCUT2D eigenvalue weighted by Gasteiger charge is -2.25. The maximum Gasteiger partial charge on any atom is 0.191 e. The summed E-state index contributed by atoms with van der Waals surface area (Å²) in [5.74, 6) is 4.24. The van der Waals surface area contributed by atoms with Crippen LogP contribution >= 0.6 is 24.0 Å². The molecule has 0 aliphatic carbocycles. The Labute approximate surface area is 202 Å². The fourth-order valence-electron chi connectivity index (χ4n) is 3.71. The normalized spacial score (nSPS) is 15.6. The van der Waals surface area contributed by atoms with Gasteiger partial charge in [0.05, 0.1) is 19.8 Å². The van der Waals surface area contributed by atoms with Gasteiger partial charge in [0.2, 0.25) is 0 Å². The van der Waals surface area contributed by atoms with Crippen LogP contribution < -0.4 is 20.1 Å². The summed E-state index contributed by atoms with van der Waals surface area (Å²) in [6.45, 7) is 9.12. The monoisotopic (exact) mass is 542 g/mol. The van der Waals surface area contributed by atoms with E-state index in [4.69, 9.17) is 14.5 Å². The third-order valence-electron chi connectivity index (χ3n) is 5.06. The zero-order valence-corrected chi connectivity index (χ0v) is 21.3. The maximum absolute atomic E-state index is 5.67. The van der Waals surface area contributed by atoms with Gasteiger partial charge in [0.25, 0.3) is 0 Å². The molecule has 1 aliphatic heterocycles. The topological polar surface area (TPSA) is 85.6 Å². The molecule has 2 N–H and O–H groups in total. The van der Waals surface area contributed by atoms with E-state index < -0.39 is 0 Å². The lowest BCUT2D eigenvalue weighted by Crippen LogP contribution is -2.41. The number of nitrogens with zero attached hydrogens (tertiary/aromatic N) is 4. The number of hydrogen-bond donors (Lipinski definition) is 2. The van der Waals surface area contributed by atoms with Crippen molar-refractivity contribution in [3.05, 3.63) is 35.4 Å². The van der Waals surface area contributed by atoms with Gasteiger partial charge in [-0.3, -0.25) is 4.99 Å². The van der Waals surface area contributed by atoms with E-state index in [1.54, 1.807) is 7.11 Å². The molecule has 1 aromatic carbocycles. The van der Waals surface area contributed by atoms with E-state index in [0.717, 1.165) is 74.4 Å². The number of aryl methyl sites for hydroxylation is 3. The molecule has 1 aliphatic rings. The second-order valence-corrected chi connectivity index (χ2v) is 7.36. The van der Waals surface area contributed by atoms with Gasteiger partial charge in [0.1, 0.15) is 11.6 Å². The molecular weight excluding hydrogens is 507 g/mol. The molecule has 31 heavy (non-hydrogen) atoms. The molecule has 172 valence electrons. The minimum absolute atomic E-state index is 0. The predicted molar refractivity (Wildman–Crippen MR) is 134 cm³/mol. The fraction of sp³-hybridized carbons (Fsp3) is 0.591. The third kappa shape index (κ3) is 6.98. The van der Waals surface area contributed by atoms with Gasteiger partial charge in [-0.25, -0.2) is 9.67 Å². The Morgan fingerprint density at radius 1 is 1.29 bits per heavy atom. The SMILES string of the molecule is CCNC(=NCCCc1ccc(OC)c(OCC)c1)NC1CCCn2nc(C)nc21.I. The van der Waals surface area contributed by atoms with E-state index in [-0.39, 0.29) is 30.0 Å². The van der Waals surface area contributed by atoms with Crippen LogP contribution in [0.15, 0.2) is 23.2 Å². The highest BCUT2D eigenvalue weighted by Crippen LogP contribution is 2.28. The Balaban J connectivity index is 0.00000341. The number of guanidine groups is 1. The van der Waals surface area contributed by atoms with E-state index >= 15 is 0 Å². The standard InChI is InChI=1S/C22H34N6O2.HI/c1-5-23-22(26-18-10-8-14-28-21(18)25-16(3)27-28)24-13-7-9-17-11-12-19(29-4)20(15-17)30-6-2;/h11-12,15,18H,5-10,13-14H2,1-4H3,(H2,23,24,26);1H. The molecule has 2 heterocycles. The number of fused-ring (bicyclic) bond motifs is 1. The first kappa shape index (κ1) is 25.2. The van der Waals surface area contributed by atoms with Crippen LogP contribution in [0.25, 0.3) is 0 Å². The van der Waals surface area contributed by atoms with Gasteiger partial charge in [0.15, 0.2) is 17.5 Å². The molecular formula is C22H35IN6O2.